The number of H-pyrrole nitrogens is 1. The normalized spacial score (nSPS) is 11.5. The number of aromatic nitrogens is 6. The number of hydrogen-bond donors (Lipinski definition) is 1. The Balaban J connectivity index is 1.85. The average Bonchev–Trinajstić information content (AvgIpc) is 3.10. The summed E-state index contributed by atoms with van der Waals surface area (Å²) in [5.41, 5.74) is 3.22. The van der Waals surface area contributed by atoms with Crippen molar-refractivity contribution in [1.82, 2.24) is 28.9 Å². The van der Waals surface area contributed by atoms with Gasteiger partial charge in [0, 0.05) is 32.5 Å². The number of aryl methyl sites for hydroxylation is 4. The van der Waals surface area contributed by atoms with Crippen molar-refractivity contribution < 1.29 is 0 Å². The molecule has 20 heavy (non-hydrogen) atoms. The Morgan fingerprint density at radius 1 is 1.35 bits per heavy atom. The van der Waals surface area contributed by atoms with Crippen LogP contribution in [0.25, 0.3) is 11.2 Å². The molecule has 0 fully saturated rings. The fourth-order valence-electron chi connectivity index (χ4n) is 2.56. The van der Waals surface area contributed by atoms with Crippen LogP contribution < -0.4 is 0 Å². The first-order valence-corrected chi connectivity index (χ1v) is 7.21. The highest BCUT2D eigenvalue weighted by molar-refractivity contribution is 7.71. The summed E-state index contributed by atoms with van der Waals surface area (Å²) in [6.45, 7) is 3.92. The molecule has 3 aromatic rings. The van der Waals surface area contributed by atoms with Gasteiger partial charge < -0.3 is 14.1 Å². The monoisotopic (exact) mass is 290 g/mol. The molecule has 1 N–H and O–H groups in total. The van der Waals surface area contributed by atoms with Crippen LogP contribution in [0.1, 0.15) is 19.0 Å². The molecule has 0 aliphatic rings. The third-order valence-electron chi connectivity index (χ3n) is 3.51. The Labute approximate surface area is 122 Å². The molecule has 7 heteroatoms. The first kappa shape index (κ1) is 13.1. The second kappa shape index (κ2) is 5.24. The molecule has 106 valence electrons. The third kappa shape index (κ3) is 2.18. The first-order valence-electron chi connectivity index (χ1n) is 6.81. The predicted octanol–water partition coefficient (Wildman–Crippen LogP) is 2.28. The molecule has 0 amide bonds. The van der Waals surface area contributed by atoms with E-state index in [1.54, 1.807) is 6.20 Å². The highest BCUT2D eigenvalue weighted by Gasteiger charge is 2.13. The van der Waals surface area contributed by atoms with Crippen molar-refractivity contribution in [3.8, 4) is 0 Å². The second-order valence-electron chi connectivity index (χ2n) is 4.86. The Bertz CT molecular complexity index is 761. The van der Waals surface area contributed by atoms with Crippen molar-refractivity contribution in [3.63, 3.8) is 0 Å². The molecule has 0 bridgehead atoms. The lowest BCUT2D eigenvalue weighted by molar-refractivity contribution is 0.559. The van der Waals surface area contributed by atoms with Crippen LogP contribution in [0.2, 0.25) is 0 Å². The molecule has 3 rings (SSSR count). The zero-order valence-electron chi connectivity index (χ0n) is 11.7. The molecule has 0 aromatic carbocycles. The molecule has 6 nitrogen and oxygen atoms in total. The van der Waals surface area contributed by atoms with Gasteiger partial charge >= 0.3 is 0 Å². The Hall–Kier alpha value is -1.89. The minimum absolute atomic E-state index is 0.772. The van der Waals surface area contributed by atoms with E-state index in [0.717, 1.165) is 47.6 Å². The van der Waals surface area contributed by atoms with Crippen molar-refractivity contribution in [1.29, 1.82) is 0 Å². The van der Waals surface area contributed by atoms with Crippen LogP contribution in [0.15, 0.2) is 18.7 Å². The van der Waals surface area contributed by atoms with Gasteiger partial charge in [0.05, 0.1) is 12.0 Å². The molecule has 0 atom stereocenters. The molecule has 0 radical (unpaired) electrons. The van der Waals surface area contributed by atoms with Gasteiger partial charge in [-0.05, 0) is 25.1 Å². The molecule has 0 saturated carbocycles. The molecule has 0 unspecified atom stereocenters. The maximum atomic E-state index is 5.43. The fourth-order valence-corrected chi connectivity index (χ4v) is 2.84. The highest BCUT2D eigenvalue weighted by atomic mass is 32.1. The zero-order valence-corrected chi connectivity index (χ0v) is 12.5. The van der Waals surface area contributed by atoms with Gasteiger partial charge in [0.15, 0.2) is 10.4 Å². The van der Waals surface area contributed by atoms with Crippen molar-refractivity contribution >= 4 is 23.4 Å². The summed E-state index contributed by atoms with van der Waals surface area (Å²) in [4.78, 5) is 7.34. The van der Waals surface area contributed by atoms with Gasteiger partial charge in [-0.3, -0.25) is 4.68 Å². The minimum Gasteiger partial charge on any atom is -0.337 e. The Morgan fingerprint density at radius 2 is 2.20 bits per heavy atom. The van der Waals surface area contributed by atoms with Gasteiger partial charge in [-0.2, -0.15) is 5.10 Å². The zero-order chi connectivity index (χ0) is 14.1. The molecule has 3 heterocycles. The summed E-state index contributed by atoms with van der Waals surface area (Å²) in [6.07, 6.45) is 7.52. The maximum absolute atomic E-state index is 5.43. The van der Waals surface area contributed by atoms with Gasteiger partial charge in [-0.15, -0.1) is 0 Å². The van der Waals surface area contributed by atoms with E-state index >= 15 is 0 Å². The number of imidazole rings is 2. The van der Waals surface area contributed by atoms with Crippen molar-refractivity contribution in [2.45, 2.75) is 32.9 Å². The molecular formula is C13H18N6S. The fraction of sp³-hybridized carbons (Fsp3) is 0.462. The lowest BCUT2D eigenvalue weighted by Gasteiger charge is -2.05. The van der Waals surface area contributed by atoms with E-state index in [1.165, 1.54) is 0 Å². The quantitative estimate of drug-likeness (QED) is 0.733. The molecular weight excluding hydrogens is 272 g/mol. The molecule has 0 saturated heterocycles. The summed E-state index contributed by atoms with van der Waals surface area (Å²) in [5.74, 6) is 0. The standard InChI is InChI=1S/C13H18N6S/c1-3-10-11-12(17(2)16-10)19(13(20)15-11)7-4-6-18-8-5-14-9-18/h5,8-9H,3-4,6-7H2,1-2H3,(H,15,20). The summed E-state index contributed by atoms with van der Waals surface area (Å²) in [6, 6.07) is 0. The van der Waals surface area contributed by atoms with Crippen LogP contribution in [0.5, 0.6) is 0 Å². The number of nitrogens with zero attached hydrogens (tertiary/aromatic N) is 5. The molecule has 0 aliphatic heterocycles. The van der Waals surface area contributed by atoms with Crippen LogP contribution in [0.3, 0.4) is 0 Å². The Kier molecular flexibility index (Phi) is 3.43. The van der Waals surface area contributed by atoms with E-state index in [2.05, 4.69) is 31.1 Å². The third-order valence-corrected chi connectivity index (χ3v) is 3.84. The largest absolute Gasteiger partial charge is 0.337 e. The molecule has 3 aromatic heterocycles. The van der Waals surface area contributed by atoms with Gasteiger partial charge in [-0.1, -0.05) is 6.92 Å². The minimum atomic E-state index is 0.772. The number of nitrogens with one attached hydrogen (secondary N) is 1. The average molecular weight is 290 g/mol. The second-order valence-corrected chi connectivity index (χ2v) is 5.25. The van der Waals surface area contributed by atoms with E-state index in [9.17, 15) is 0 Å². The maximum Gasteiger partial charge on any atom is 0.179 e. The number of fused-ring (bicyclic) bond motifs is 1. The summed E-state index contributed by atoms with van der Waals surface area (Å²) < 4.78 is 6.90. The van der Waals surface area contributed by atoms with Crippen molar-refractivity contribution in [3.05, 3.63) is 29.2 Å². The number of rotatable bonds is 5. The van der Waals surface area contributed by atoms with Gasteiger partial charge in [0.2, 0.25) is 0 Å². The van der Waals surface area contributed by atoms with Crippen LogP contribution in [0.4, 0.5) is 0 Å². The van der Waals surface area contributed by atoms with E-state index in [0.29, 0.717) is 0 Å². The van der Waals surface area contributed by atoms with Crippen LogP contribution >= 0.6 is 12.2 Å². The highest BCUT2D eigenvalue weighted by Crippen LogP contribution is 2.18. The predicted molar refractivity (Wildman–Crippen MR) is 80.1 cm³/mol. The first-order chi connectivity index (χ1) is 9.70. The Morgan fingerprint density at radius 3 is 2.90 bits per heavy atom. The van der Waals surface area contributed by atoms with Gasteiger partial charge in [0.1, 0.15) is 5.52 Å². The van der Waals surface area contributed by atoms with Crippen molar-refractivity contribution in [2.75, 3.05) is 0 Å². The van der Waals surface area contributed by atoms with Crippen LogP contribution in [0, 0.1) is 4.77 Å². The summed E-state index contributed by atoms with van der Waals surface area (Å²) >= 11 is 5.43. The summed E-state index contributed by atoms with van der Waals surface area (Å²) in [5, 5.41) is 4.53. The number of hydrogen-bond acceptors (Lipinski definition) is 3. The smallest absolute Gasteiger partial charge is 0.179 e. The topological polar surface area (TPSA) is 56.4 Å². The molecule has 0 aliphatic carbocycles. The van der Waals surface area contributed by atoms with E-state index in [-0.39, 0.29) is 0 Å². The van der Waals surface area contributed by atoms with E-state index < -0.39 is 0 Å². The molecule has 0 spiro atoms. The number of aromatic amines is 1. The van der Waals surface area contributed by atoms with Gasteiger partial charge in [0.25, 0.3) is 0 Å². The van der Waals surface area contributed by atoms with Crippen LogP contribution in [-0.4, -0.2) is 28.9 Å². The van der Waals surface area contributed by atoms with Crippen molar-refractivity contribution in [2.24, 2.45) is 7.05 Å². The lowest BCUT2D eigenvalue weighted by atomic mass is 10.3. The SMILES string of the molecule is CCc1nn(C)c2c1[nH]c(=S)n2CCCn1ccnc1. The van der Waals surface area contributed by atoms with E-state index in [1.807, 2.05) is 24.3 Å². The summed E-state index contributed by atoms with van der Waals surface area (Å²) in [7, 11) is 1.97. The van der Waals surface area contributed by atoms with E-state index in [4.69, 9.17) is 12.2 Å². The lowest BCUT2D eigenvalue weighted by Crippen LogP contribution is -2.06. The van der Waals surface area contributed by atoms with Gasteiger partial charge in [-0.25, -0.2) is 4.98 Å². The van der Waals surface area contributed by atoms with Crippen LogP contribution in [-0.2, 0) is 26.6 Å².